The van der Waals surface area contributed by atoms with Crippen LogP contribution in [0.25, 0.3) is 0 Å². The second kappa shape index (κ2) is 5.04. The lowest BCUT2D eigenvalue weighted by Crippen LogP contribution is -2.56. The molecule has 5 nitrogen and oxygen atoms in total. The topological polar surface area (TPSA) is 34.8 Å². The molecule has 17 heavy (non-hydrogen) atoms. The van der Waals surface area contributed by atoms with E-state index in [9.17, 15) is 0 Å². The van der Waals surface area contributed by atoms with Crippen molar-refractivity contribution in [2.75, 3.05) is 52.9 Å². The van der Waals surface area contributed by atoms with Crippen LogP contribution in [0.15, 0.2) is 12.7 Å². The number of hydrogen-bond acceptors (Lipinski definition) is 5. The molecule has 96 valence electrons. The predicted octanol–water partition coefficient (Wildman–Crippen LogP) is -0.238. The van der Waals surface area contributed by atoms with E-state index in [-0.39, 0.29) is 0 Å². The van der Waals surface area contributed by atoms with E-state index in [4.69, 9.17) is 9.47 Å². The largest absolute Gasteiger partial charge is 0.372 e. The van der Waals surface area contributed by atoms with Gasteiger partial charge in [-0.15, -0.1) is 6.58 Å². The van der Waals surface area contributed by atoms with Gasteiger partial charge in [0, 0.05) is 19.6 Å². The molecule has 0 radical (unpaired) electrons. The fourth-order valence-corrected chi connectivity index (χ4v) is 2.43. The fraction of sp³-hybridized carbons (Fsp3) is 0.833. The summed E-state index contributed by atoms with van der Waals surface area (Å²) in [5, 5.41) is 0. The molecule has 0 aromatic heterocycles. The van der Waals surface area contributed by atoms with Crippen molar-refractivity contribution in [2.24, 2.45) is 0 Å². The van der Waals surface area contributed by atoms with Gasteiger partial charge in [-0.25, -0.2) is 0 Å². The molecule has 0 amide bonds. The summed E-state index contributed by atoms with van der Waals surface area (Å²) in [6, 6.07) is 0. The van der Waals surface area contributed by atoms with Crippen molar-refractivity contribution in [2.45, 2.75) is 12.2 Å². The van der Waals surface area contributed by atoms with E-state index in [0.717, 1.165) is 52.9 Å². The average molecular weight is 239 g/mol. The van der Waals surface area contributed by atoms with Crippen molar-refractivity contribution in [3.63, 3.8) is 0 Å². The minimum atomic E-state index is 0.470. The van der Waals surface area contributed by atoms with Crippen LogP contribution in [0.1, 0.15) is 0 Å². The minimum absolute atomic E-state index is 0.470. The van der Waals surface area contributed by atoms with Crippen molar-refractivity contribution in [1.29, 1.82) is 0 Å². The Bertz CT molecular complexity index is 257. The van der Waals surface area contributed by atoms with Gasteiger partial charge in [0.05, 0.1) is 45.4 Å². The van der Waals surface area contributed by atoms with Crippen LogP contribution in [0, 0.1) is 0 Å². The highest BCUT2D eigenvalue weighted by Gasteiger charge is 2.32. The lowest BCUT2D eigenvalue weighted by atomic mass is 10.3. The Kier molecular flexibility index (Phi) is 3.44. The van der Waals surface area contributed by atoms with Gasteiger partial charge in [-0.3, -0.25) is 14.7 Å². The molecule has 3 aliphatic rings. The van der Waals surface area contributed by atoms with Crippen molar-refractivity contribution < 1.29 is 9.47 Å². The van der Waals surface area contributed by atoms with Crippen molar-refractivity contribution in [3.8, 4) is 0 Å². The van der Waals surface area contributed by atoms with E-state index < -0.39 is 0 Å². The second-order valence-electron chi connectivity index (χ2n) is 5.18. The van der Waals surface area contributed by atoms with Gasteiger partial charge in [0.25, 0.3) is 0 Å². The Balaban J connectivity index is 1.53. The number of ether oxygens (including phenoxy) is 2. The third kappa shape index (κ3) is 3.50. The predicted molar refractivity (Wildman–Crippen MR) is 64.4 cm³/mol. The molecular formula is C12H21N3O2. The van der Waals surface area contributed by atoms with E-state index in [1.54, 1.807) is 0 Å². The first-order valence-corrected chi connectivity index (χ1v) is 6.34. The van der Waals surface area contributed by atoms with E-state index in [1.165, 1.54) is 0 Å². The lowest BCUT2D eigenvalue weighted by Gasteiger charge is -2.41. The molecule has 3 fully saturated rings. The van der Waals surface area contributed by atoms with Gasteiger partial charge >= 0.3 is 0 Å². The molecule has 0 spiro atoms. The van der Waals surface area contributed by atoms with Crippen LogP contribution in [0.2, 0.25) is 0 Å². The van der Waals surface area contributed by atoms with Crippen LogP contribution < -0.4 is 0 Å². The molecule has 0 saturated carbocycles. The van der Waals surface area contributed by atoms with Crippen molar-refractivity contribution in [1.82, 2.24) is 14.7 Å². The van der Waals surface area contributed by atoms with Crippen LogP contribution in [0.5, 0.6) is 0 Å². The first kappa shape index (κ1) is 11.6. The summed E-state index contributed by atoms with van der Waals surface area (Å²) in [6.45, 7) is 11.8. The lowest BCUT2D eigenvalue weighted by molar-refractivity contribution is -0.0285. The Morgan fingerprint density at radius 1 is 0.941 bits per heavy atom. The zero-order chi connectivity index (χ0) is 11.7. The summed E-state index contributed by atoms with van der Waals surface area (Å²) in [7, 11) is 0. The number of nitrogens with zero attached hydrogens (tertiary/aromatic N) is 3. The second-order valence-corrected chi connectivity index (χ2v) is 5.18. The molecule has 5 heteroatoms. The van der Waals surface area contributed by atoms with Crippen molar-refractivity contribution in [3.05, 3.63) is 12.7 Å². The van der Waals surface area contributed by atoms with Crippen LogP contribution in [0.4, 0.5) is 0 Å². The van der Waals surface area contributed by atoms with Gasteiger partial charge in [0.1, 0.15) is 0 Å². The van der Waals surface area contributed by atoms with Gasteiger partial charge < -0.3 is 9.47 Å². The SMILES string of the molecule is C=CCN1CN(CC2CO2)CN(CC2CO2)C1. The zero-order valence-electron chi connectivity index (χ0n) is 10.3. The molecule has 3 aliphatic heterocycles. The maximum absolute atomic E-state index is 5.31. The van der Waals surface area contributed by atoms with E-state index in [0.29, 0.717) is 12.2 Å². The van der Waals surface area contributed by atoms with Gasteiger partial charge in [-0.1, -0.05) is 6.08 Å². The summed E-state index contributed by atoms with van der Waals surface area (Å²) in [4.78, 5) is 7.31. The Morgan fingerprint density at radius 3 is 1.82 bits per heavy atom. The van der Waals surface area contributed by atoms with Gasteiger partial charge in [0.15, 0.2) is 0 Å². The Morgan fingerprint density at radius 2 is 1.41 bits per heavy atom. The number of epoxide rings is 2. The molecule has 3 rings (SSSR count). The monoisotopic (exact) mass is 239 g/mol. The number of rotatable bonds is 6. The molecule has 0 aliphatic carbocycles. The summed E-state index contributed by atoms with van der Waals surface area (Å²) < 4.78 is 10.6. The van der Waals surface area contributed by atoms with Gasteiger partial charge in [-0.05, 0) is 0 Å². The fourth-order valence-electron chi connectivity index (χ4n) is 2.43. The molecule has 0 N–H and O–H groups in total. The maximum Gasteiger partial charge on any atom is 0.0937 e. The third-order valence-electron chi connectivity index (χ3n) is 3.32. The Hall–Kier alpha value is -0.460. The molecule has 0 aromatic carbocycles. The summed E-state index contributed by atoms with van der Waals surface area (Å²) in [6.07, 6.45) is 2.92. The normalized spacial score (nSPS) is 34.8. The first-order valence-electron chi connectivity index (χ1n) is 6.34. The van der Waals surface area contributed by atoms with E-state index in [2.05, 4.69) is 21.3 Å². The van der Waals surface area contributed by atoms with Crippen LogP contribution >= 0.6 is 0 Å². The summed E-state index contributed by atoms with van der Waals surface area (Å²) in [5.74, 6) is 0. The molecule has 0 aromatic rings. The molecule has 3 saturated heterocycles. The highest BCUT2D eigenvalue weighted by atomic mass is 16.6. The standard InChI is InChI=1S/C12H21N3O2/c1-2-3-13-8-14(4-11-6-16-11)10-15(9-13)5-12-7-17-12/h2,11-12H,1,3-10H2. The van der Waals surface area contributed by atoms with Crippen LogP contribution in [0.3, 0.4) is 0 Å². The van der Waals surface area contributed by atoms with E-state index >= 15 is 0 Å². The quantitative estimate of drug-likeness (QED) is 0.472. The first-order chi connectivity index (χ1) is 8.33. The Labute approximate surface area is 103 Å². The molecule has 0 bridgehead atoms. The van der Waals surface area contributed by atoms with Crippen molar-refractivity contribution >= 4 is 0 Å². The number of hydrogen-bond donors (Lipinski definition) is 0. The van der Waals surface area contributed by atoms with Crippen LogP contribution in [-0.4, -0.2) is 79.8 Å². The van der Waals surface area contributed by atoms with E-state index in [1.807, 2.05) is 6.08 Å². The smallest absolute Gasteiger partial charge is 0.0937 e. The third-order valence-corrected chi connectivity index (χ3v) is 3.32. The molecule has 3 heterocycles. The average Bonchev–Trinajstić information content (AvgIpc) is 3.14. The molecule has 2 unspecified atom stereocenters. The maximum atomic E-state index is 5.31. The highest BCUT2D eigenvalue weighted by Crippen LogP contribution is 2.17. The van der Waals surface area contributed by atoms with Gasteiger partial charge in [-0.2, -0.15) is 0 Å². The summed E-state index contributed by atoms with van der Waals surface area (Å²) in [5.41, 5.74) is 0. The summed E-state index contributed by atoms with van der Waals surface area (Å²) >= 11 is 0. The molecule has 2 atom stereocenters. The highest BCUT2D eigenvalue weighted by molar-refractivity contribution is 4.83. The zero-order valence-corrected chi connectivity index (χ0v) is 10.3. The minimum Gasteiger partial charge on any atom is -0.372 e. The van der Waals surface area contributed by atoms with Gasteiger partial charge in [0.2, 0.25) is 0 Å². The molecular weight excluding hydrogens is 218 g/mol. The van der Waals surface area contributed by atoms with Crippen LogP contribution in [-0.2, 0) is 9.47 Å².